The van der Waals surface area contributed by atoms with Gasteiger partial charge in [0.05, 0.1) is 30.5 Å². The maximum Gasteiger partial charge on any atom is 0.357 e. The molecule has 144 valence electrons. The van der Waals surface area contributed by atoms with E-state index in [1.807, 2.05) is 48.5 Å². The highest BCUT2D eigenvalue weighted by atomic mass is 32.1. The summed E-state index contributed by atoms with van der Waals surface area (Å²) >= 11 is 1.47. The molecule has 0 aliphatic rings. The quantitative estimate of drug-likeness (QED) is 0.461. The smallest absolute Gasteiger partial charge is 0.357 e. The molecule has 0 spiro atoms. The number of hydrogen-bond donors (Lipinski definition) is 1. The minimum absolute atomic E-state index is 0.291. The van der Waals surface area contributed by atoms with Crippen molar-refractivity contribution in [2.24, 2.45) is 0 Å². The molecule has 0 radical (unpaired) electrons. The molecule has 6 nitrogen and oxygen atoms in total. The van der Waals surface area contributed by atoms with Crippen LogP contribution in [0.5, 0.6) is 5.75 Å². The molecule has 0 saturated heterocycles. The molecular weight excluding hydrogens is 383 g/mol. The van der Waals surface area contributed by atoms with Crippen molar-refractivity contribution < 1.29 is 18.3 Å². The monoisotopic (exact) mass is 406 g/mol. The number of anilines is 1. The Morgan fingerprint density at radius 1 is 1.11 bits per heavy atom. The summed E-state index contributed by atoms with van der Waals surface area (Å²) < 4.78 is 30.9. The third kappa shape index (κ3) is 4.50. The number of methoxy groups -OCH3 is 1. The summed E-state index contributed by atoms with van der Waals surface area (Å²) in [4.78, 5) is 4.61. The lowest BCUT2D eigenvalue weighted by Crippen LogP contribution is -2.15. The van der Waals surface area contributed by atoms with Crippen molar-refractivity contribution in [3.05, 3.63) is 54.1 Å². The fraction of sp³-hybridized carbons (Fsp3) is 0.316. The van der Waals surface area contributed by atoms with Gasteiger partial charge in [0.25, 0.3) is 0 Å². The zero-order chi connectivity index (χ0) is 19.3. The number of rotatable bonds is 9. The average Bonchev–Trinajstić information content (AvgIpc) is 3.08. The molecule has 2 aromatic carbocycles. The van der Waals surface area contributed by atoms with Crippen LogP contribution in [0.15, 0.2) is 48.5 Å². The summed E-state index contributed by atoms with van der Waals surface area (Å²) in [5.74, 6) is 0.118. The molecule has 27 heavy (non-hydrogen) atoms. The van der Waals surface area contributed by atoms with Crippen LogP contribution in [0.1, 0.15) is 25.2 Å². The van der Waals surface area contributed by atoms with Crippen LogP contribution in [0.4, 0.5) is 5.13 Å². The largest absolute Gasteiger partial charge is 0.497 e. The number of nitrogens with one attached hydrogen (secondary N) is 1. The molecule has 1 aromatic heterocycles. The summed E-state index contributed by atoms with van der Waals surface area (Å²) in [7, 11) is -1.81. The highest BCUT2D eigenvalue weighted by Gasteiger charge is 2.37. The van der Waals surface area contributed by atoms with E-state index in [4.69, 9.17) is 13.8 Å². The van der Waals surface area contributed by atoms with Crippen molar-refractivity contribution in [1.29, 1.82) is 0 Å². The number of thiazole rings is 1. The van der Waals surface area contributed by atoms with E-state index in [9.17, 15) is 4.57 Å². The molecule has 8 heteroatoms. The van der Waals surface area contributed by atoms with E-state index in [-0.39, 0.29) is 0 Å². The third-order valence-electron chi connectivity index (χ3n) is 3.91. The van der Waals surface area contributed by atoms with Crippen LogP contribution >= 0.6 is 18.9 Å². The van der Waals surface area contributed by atoms with Gasteiger partial charge in [0.15, 0.2) is 10.9 Å². The zero-order valence-electron chi connectivity index (χ0n) is 15.5. The summed E-state index contributed by atoms with van der Waals surface area (Å²) in [5.41, 5.74) is 1.66. The van der Waals surface area contributed by atoms with Gasteiger partial charge in [-0.2, -0.15) is 0 Å². The number of aromatic nitrogens is 1. The fourth-order valence-corrected chi connectivity index (χ4v) is 5.66. The van der Waals surface area contributed by atoms with E-state index < -0.39 is 13.4 Å². The van der Waals surface area contributed by atoms with Crippen LogP contribution in [0.2, 0.25) is 0 Å². The number of ether oxygens (including phenoxy) is 1. The van der Waals surface area contributed by atoms with Crippen LogP contribution < -0.4 is 10.1 Å². The average molecular weight is 406 g/mol. The standard InChI is InChI=1S/C19H23N2O4PS/c1-4-24-26(22,25-5-2)18(14-9-7-6-8-10-14)21-19-20-16-12-11-15(23-3)13-17(16)27-19/h6-13,18H,4-5H2,1-3H3,(H,20,21)/t18-/m1/s1. The Labute approximate surface area is 163 Å². The van der Waals surface area contributed by atoms with Crippen LogP contribution in [0.25, 0.3) is 10.2 Å². The minimum Gasteiger partial charge on any atom is -0.497 e. The van der Waals surface area contributed by atoms with Gasteiger partial charge >= 0.3 is 7.60 Å². The highest BCUT2D eigenvalue weighted by Crippen LogP contribution is 2.61. The molecule has 0 saturated carbocycles. The van der Waals surface area contributed by atoms with Gasteiger partial charge in [-0.25, -0.2) is 4.98 Å². The second-order valence-electron chi connectivity index (χ2n) is 5.69. The maximum atomic E-state index is 13.5. The fourth-order valence-electron chi connectivity index (χ4n) is 2.74. The van der Waals surface area contributed by atoms with Crippen molar-refractivity contribution in [2.45, 2.75) is 19.6 Å². The summed E-state index contributed by atoms with van der Waals surface area (Å²) in [6.45, 7) is 4.19. The van der Waals surface area contributed by atoms with Crippen LogP contribution in [-0.2, 0) is 13.6 Å². The van der Waals surface area contributed by atoms with E-state index in [0.717, 1.165) is 21.5 Å². The van der Waals surface area contributed by atoms with E-state index in [1.165, 1.54) is 11.3 Å². The summed E-state index contributed by atoms with van der Waals surface area (Å²) in [5, 5.41) is 3.93. The van der Waals surface area contributed by atoms with Gasteiger partial charge in [0.2, 0.25) is 0 Å². The van der Waals surface area contributed by atoms with Gasteiger partial charge in [0.1, 0.15) is 5.75 Å². The lowest BCUT2D eigenvalue weighted by Gasteiger charge is -2.27. The number of nitrogens with zero attached hydrogens (tertiary/aromatic N) is 1. The first-order valence-corrected chi connectivity index (χ1v) is 11.2. The molecule has 1 N–H and O–H groups in total. The van der Waals surface area contributed by atoms with Crippen LogP contribution in [0.3, 0.4) is 0 Å². The summed E-state index contributed by atoms with van der Waals surface area (Å²) in [6.07, 6.45) is 0. The predicted octanol–water partition coefficient (Wildman–Crippen LogP) is 5.68. The molecule has 0 unspecified atom stereocenters. The van der Waals surface area contributed by atoms with Crippen molar-refractivity contribution in [3.63, 3.8) is 0 Å². The number of hydrogen-bond acceptors (Lipinski definition) is 7. The second kappa shape index (κ2) is 8.85. The van der Waals surface area contributed by atoms with Gasteiger partial charge in [-0.3, -0.25) is 4.57 Å². The van der Waals surface area contributed by atoms with Crippen molar-refractivity contribution in [3.8, 4) is 5.75 Å². The van der Waals surface area contributed by atoms with Gasteiger partial charge in [-0.1, -0.05) is 41.7 Å². The van der Waals surface area contributed by atoms with Gasteiger partial charge < -0.3 is 19.1 Å². The molecule has 1 atom stereocenters. The van der Waals surface area contributed by atoms with Gasteiger partial charge in [0, 0.05) is 0 Å². The number of benzene rings is 2. The van der Waals surface area contributed by atoms with Crippen molar-refractivity contribution in [1.82, 2.24) is 4.98 Å². The first-order valence-electron chi connectivity index (χ1n) is 8.74. The Morgan fingerprint density at radius 2 is 1.81 bits per heavy atom. The van der Waals surface area contributed by atoms with E-state index in [0.29, 0.717) is 18.3 Å². The molecule has 1 heterocycles. The van der Waals surface area contributed by atoms with Gasteiger partial charge in [-0.15, -0.1) is 0 Å². The van der Waals surface area contributed by atoms with Crippen molar-refractivity contribution in [2.75, 3.05) is 25.6 Å². The van der Waals surface area contributed by atoms with Gasteiger partial charge in [-0.05, 0) is 37.6 Å². The predicted molar refractivity (Wildman–Crippen MR) is 110 cm³/mol. The SMILES string of the molecule is CCOP(=O)(OCC)[C@@H](Nc1nc2ccc(OC)cc2s1)c1ccccc1. The van der Waals surface area contributed by atoms with E-state index in [2.05, 4.69) is 10.3 Å². The van der Waals surface area contributed by atoms with Crippen LogP contribution in [0, 0.1) is 0 Å². The molecule has 0 aliphatic carbocycles. The molecule has 0 bridgehead atoms. The van der Waals surface area contributed by atoms with E-state index in [1.54, 1.807) is 21.0 Å². The first kappa shape index (κ1) is 19.8. The Kier molecular flexibility index (Phi) is 6.50. The lowest BCUT2D eigenvalue weighted by molar-refractivity contribution is 0.214. The summed E-state index contributed by atoms with van der Waals surface area (Å²) in [6, 6.07) is 15.2. The van der Waals surface area contributed by atoms with E-state index >= 15 is 0 Å². The Morgan fingerprint density at radius 3 is 2.44 bits per heavy atom. The Bertz CT molecular complexity index is 922. The molecule has 0 amide bonds. The topological polar surface area (TPSA) is 69.7 Å². The minimum atomic E-state index is -3.44. The molecule has 3 aromatic rings. The van der Waals surface area contributed by atoms with Crippen LogP contribution in [-0.4, -0.2) is 25.3 Å². The normalized spacial score (nSPS) is 12.9. The zero-order valence-corrected chi connectivity index (χ0v) is 17.3. The van der Waals surface area contributed by atoms with Crippen molar-refractivity contribution >= 4 is 34.3 Å². The Balaban J connectivity index is 1.99. The second-order valence-corrected chi connectivity index (χ2v) is 8.83. The Hall–Kier alpha value is -1.92. The molecule has 0 aliphatic heterocycles. The third-order valence-corrected chi connectivity index (χ3v) is 7.15. The molecule has 0 fully saturated rings. The molecule has 3 rings (SSSR count). The number of fused-ring (bicyclic) bond motifs is 1. The molecular formula is C19H23N2O4PS. The lowest BCUT2D eigenvalue weighted by atomic mass is 10.2. The highest BCUT2D eigenvalue weighted by molar-refractivity contribution is 7.54. The first-order chi connectivity index (χ1) is 13.1. The maximum absolute atomic E-state index is 13.5.